The number of rotatable bonds is 2. The molecule has 5 heteroatoms. The Bertz CT molecular complexity index is 607. The maximum atomic E-state index is 11.2. The molecule has 2 heterocycles. The third kappa shape index (κ3) is 2.16. The van der Waals surface area contributed by atoms with E-state index in [-0.39, 0.29) is 17.7 Å². The molecule has 0 aliphatic heterocycles. The van der Waals surface area contributed by atoms with Gasteiger partial charge in [-0.15, -0.1) is 0 Å². The molecule has 0 atom stereocenters. The number of pyridine rings is 1. The van der Waals surface area contributed by atoms with Gasteiger partial charge in [-0.3, -0.25) is 4.79 Å². The van der Waals surface area contributed by atoms with Gasteiger partial charge >= 0.3 is 0 Å². The Balaban J connectivity index is 2.73. The summed E-state index contributed by atoms with van der Waals surface area (Å²) < 4.78 is 1.85. The Morgan fingerprint density at radius 2 is 2.06 bits per heavy atom. The van der Waals surface area contributed by atoms with Gasteiger partial charge in [-0.25, -0.2) is 4.98 Å². The van der Waals surface area contributed by atoms with Crippen molar-refractivity contribution in [3.8, 4) is 0 Å². The summed E-state index contributed by atoms with van der Waals surface area (Å²) in [4.78, 5) is 15.8. The highest BCUT2D eigenvalue weighted by atomic mass is 16.1. The van der Waals surface area contributed by atoms with Crippen LogP contribution in [-0.4, -0.2) is 15.3 Å². The molecule has 0 saturated heterocycles. The summed E-state index contributed by atoms with van der Waals surface area (Å²) >= 11 is 0. The monoisotopic (exact) mass is 246 g/mol. The molecule has 0 saturated carbocycles. The summed E-state index contributed by atoms with van der Waals surface area (Å²) in [5, 5.41) is 0. The van der Waals surface area contributed by atoms with E-state index in [1.165, 1.54) is 0 Å². The predicted molar refractivity (Wildman–Crippen MR) is 71.2 cm³/mol. The number of fused-ring (bicyclic) bond motifs is 1. The van der Waals surface area contributed by atoms with Crippen LogP contribution in [-0.2, 0) is 16.6 Å². The Hall–Kier alpha value is -2.04. The first-order valence-corrected chi connectivity index (χ1v) is 5.84. The van der Waals surface area contributed by atoms with Gasteiger partial charge in [-0.1, -0.05) is 20.8 Å². The molecule has 18 heavy (non-hydrogen) atoms. The zero-order valence-corrected chi connectivity index (χ0v) is 10.9. The van der Waals surface area contributed by atoms with E-state index in [0.717, 1.165) is 17.0 Å². The van der Waals surface area contributed by atoms with Gasteiger partial charge in [0.1, 0.15) is 5.65 Å². The maximum Gasteiger partial charge on any atom is 0.223 e. The quantitative estimate of drug-likeness (QED) is 0.835. The minimum atomic E-state index is -0.371. The number of carbonyl (C=O) groups excluding carboxylic acids is 1. The van der Waals surface area contributed by atoms with Crippen LogP contribution in [0.4, 0.5) is 5.69 Å². The van der Waals surface area contributed by atoms with Gasteiger partial charge in [0.15, 0.2) is 0 Å². The molecule has 0 aliphatic rings. The number of amides is 1. The zero-order chi connectivity index (χ0) is 13.5. The van der Waals surface area contributed by atoms with Crippen LogP contribution in [0.5, 0.6) is 0 Å². The number of primary amides is 1. The molecule has 2 rings (SSSR count). The van der Waals surface area contributed by atoms with Gasteiger partial charge in [0.25, 0.3) is 0 Å². The summed E-state index contributed by atoms with van der Waals surface area (Å²) in [5.74, 6) is -0.371. The Labute approximate surface area is 106 Å². The Kier molecular flexibility index (Phi) is 2.77. The average Bonchev–Trinajstić information content (AvgIpc) is 2.56. The van der Waals surface area contributed by atoms with Crippen molar-refractivity contribution in [2.45, 2.75) is 32.6 Å². The molecular formula is C13H18N4O. The molecular weight excluding hydrogens is 228 g/mol. The normalized spacial score (nSPS) is 11.9. The summed E-state index contributed by atoms with van der Waals surface area (Å²) in [6.45, 7) is 6.17. The van der Waals surface area contributed by atoms with Crippen LogP contribution in [0.3, 0.4) is 0 Å². The second-order valence-electron chi connectivity index (χ2n) is 5.49. The number of anilines is 1. The van der Waals surface area contributed by atoms with Crippen molar-refractivity contribution in [2.24, 2.45) is 5.73 Å². The molecule has 0 aromatic carbocycles. The molecule has 5 nitrogen and oxygen atoms in total. The van der Waals surface area contributed by atoms with E-state index in [0.29, 0.717) is 5.69 Å². The fourth-order valence-electron chi connectivity index (χ4n) is 2.04. The van der Waals surface area contributed by atoms with Gasteiger partial charge in [-0.05, 0) is 12.1 Å². The first-order valence-electron chi connectivity index (χ1n) is 5.84. The summed E-state index contributed by atoms with van der Waals surface area (Å²) in [5.41, 5.74) is 14.1. The summed E-state index contributed by atoms with van der Waals surface area (Å²) in [6.07, 6.45) is 1.94. The van der Waals surface area contributed by atoms with Crippen molar-refractivity contribution < 1.29 is 4.79 Å². The number of imidazole rings is 1. The minimum absolute atomic E-state index is 0.147. The predicted octanol–water partition coefficient (Wildman–Crippen LogP) is 1.24. The number of nitrogen functional groups attached to an aromatic ring is 1. The summed E-state index contributed by atoms with van der Waals surface area (Å²) in [7, 11) is 0. The molecule has 2 aromatic heterocycles. The topological polar surface area (TPSA) is 86.4 Å². The van der Waals surface area contributed by atoms with Crippen LogP contribution in [0.2, 0.25) is 0 Å². The van der Waals surface area contributed by atoms with Crippen molar-refractivity contribution >= 4 is 17.2 Å². The lowest BCUT2D eigenvalue weighted by molar-refractivity contribution is -0.117. The van der Waals surface area contributed by atoms with Crippen LogP contribution < -0.4 is 11.5 Å². The lowest BCUT2D eigenvalue weighted by Gasteiger charge is -2.17. The third-order valence-electron chi connectivity index (χ3n) is 2.79. The number of aromatic nitrogens is 2. The average molecular weight is 246 g/mol. The van der Waals surface area contributed by atoms with E-state index in [9.17, 15) is 4.79 Å². The van der Waals surface area contributed by atoms with Gasteiger partial charge in [0.05, 0.1) is 17.8 Å². The van der Waals surface area contributed by atoms with E-state index in [1.807, 2.05) is 10.5 Å². The number of hydrogen-bond donors (Lipinski definition) is 2. The third-order valence-corrected chi connectivity index (χ3v) is 2.79. The van der Waals surface area contributed by atoms with Crippen LogP contribution in [0.25, 0.3) is 5.65 Å². The largest absolute Gasteiger partial charge is 0.398 e. The maximum absolute atomic E-state index is 11.2. The molecule has 0 bridgehead atoms. The van der Waals surface area contributed by atoms with Crippen LogP contribution in [0.1, 0.15) is 32.2 Å². The second kappa shape index (κ2) is 4.01. The summed E-state index contributed by atoms with van der Waals surface area (Å²) in [6, 6.07) is 3.64. The van der Waals surface area contributed by atoms with Crippen LogP contribution in [0, 0.1) is 0 Å². The van der Waals surface area contributed by atoms with Crippen LogP contribution in [0.15, 0.2) is 18.3 Å². The van der Waals surface area contributed by atoms with Gasteiger partial charge < -0.3 is 15.9 Å². The molecule has 0 radical (unpaired) electrons. The SMILES string of the molecule is CC(C)(C)c1nc2ccc(N)cn2c1CC(N)=O. The number of hydrogen-bond acceptors (Lipinski definition) is 3. The minimum Gasteiger partial charge on any atom is -0.398 e. The fourth-order valence-corrected chi connectivity index (χ4v) is 2.04. The van der Waals surface area contributed by atoms with E-state index < -0.39 is 0 Å². The molecule has 0 unspecified atom stereocenters. The van der Waals surface area contributed by atoms with E-state index >= 15 is 0 Å². The smallest absolute Gasteiger partial charge is 0.223 e. The number of carbonyl (C=O) groups is 1. The molecule has 0 fully saturated rings. The Morgan fingerprint density at radius 3 is 2.61 bits per heavy atom. The molecule has 1 amide bonds. The van der Waals surface area contributed by atoms with E-state index in [4.69, 9.17) is 11.5 Å². The molecule has 0 aliphatic carbocycles. The highest BCUT2D eigenvalue weighted by Crippen LogP contribution is 2.27. The first kappa shape index (κ1) is 12.4. The zero-order valence-electron chi connectivity index (χ0n) is 10.9. The van der Waals surface area contributed by atoms with Crippen molar-refractivity contribution in [3.05, 3.63) is 29.7 Å². The van der Waals surface area contributed by atoms with Crippen molar-refractivity contribution in [1.29, 1.82) is 0 Å². The standard InChI is InChI=1S/C13H18N4O/c1-13(2,3)12-9(6-10(15)18)17-7-8(14)4-5-11(17)16-12/h4-5,7H,6,14H2,1-3H3,(H2,15,18). The van der Waals surface area contributed by atoms with Gasteiger partial charge in [-0.2, -0.15) is 0 Å². The molecule has 2 aromatic rings. The van der Waals surface area contributed by atoms with Crippen molar-refractivity contribution in [2.75, 3.05) is 5.73 Å². The molecule has 0 spiro atoms. The van der Waals surface area contributed by atoms with Crippen LogP contribution >= 0.6 is 0 Å². The van der Waals surface area contributed by atoms with E-state index in [1.54, 1.807) is 12.3 Å². The van der Waals surface area contributed by atoms with Gasteiger partial charge in [0.2, 0.25) is 5.91 Å². The lowest BCUT2D eigenvalue weighted by Crippen LogP contribution is -2.20. The van der Waals surface area contributed by atoms with E-state index in [2.05, 4.69) is 25.8 Å². The van der Waals surface area contributed by atoms with Crippen molar-refractivity contribution in [3.63, 3.8) is 0 Å². The number of nitrogens with two attached hydrogens (primary N) is 2. The van der Waals surface area contributed by atoms with Gasteiger partial charge in [0, 0.05) is 17.3 Å². The molecule has 4 N–H and O–H groups in total. The first-order chi connectivity index (χ1) is 8.29. The Morgan fingerprint density at radius 1 is 1.39 bits per heavy atom. The highest BCUT2D eigenvalue weighted by molar-refractivity contribution is 5.77. The van der Waals surface area contributed by atoms with Crippen molar-refractivity contribution in [1.82, 2.24) is 9.38 Å². The number of nitrogens with zero attached hydrogens (tertiary/aromatic N) is 2. The fraction of sp³-hybridized carbons (Fsp3) is 0.385. The second-order valence-corrected chi connectivity index (χ2v) is 5.49. The molecule has 96 valence electrons. The lowest BCUT2D eigenvalue weighted by atomic mass is 9.90. The highest BCUT2D eigenvalue weighted by Gasteiger charge is 2.24.